The van der Waals surface area contributed by atoms with E-state index in [1.165, 1.54) is 6.66 Å². The van der Waals surface area contributed by atoms with E-state index in [4.69, 9.17) is 21.4 Å². The highest BCUT2D eigenvalue weighted by atomic mass is 35.5. The molecular formula is C35H65ClN11O36PS3. The van der Waals surface area contributed by atoms with Crippen molar-refractivity contribution in [3.63, 3.8) is 0 Å². The lowest BCUT2D eigenvalue weighted by Gasteiger charge is -2.18. The number of thioether (sulfide) groups is 1. The van der Waals surface area contributed by atoms with Gasteiger partial charge in [0.25, 0.3) is 50.9 Å². The van der Waals surface area contributed by atoms with Crippen molar-refractivity contribution in [3.05, 3.63) is 101 Å². The zero-order valence-electron chi connectivity index (χ0n) is 46.8. The van der Waals surface area contributed by atoms with E-state index in [1.54, 1.807) is 27.7 Å². The molecule has 3 rings (SSSR count). The van der Waals surface area contributed by atoms with Crippen LogP contribution in [0, 0.1) is 124 Å². The second-order valence-corrected chi connectivity index (χ2v) is 24.1. The summed E-state index contributed by atoms with van der Waals surface area (Å²) in [6, 6.07) is 0. The lowest BCUT2D eigenvalue weighted by molar-refractivity contribution is -0.790. The molecule has 0 bridgehead atoms. The Hall–Kier alpha value is -7.91. The molecule has 0 spiro atoms. The number of ketones is 1. The van der Waals surface area contributed by atoms with Crippen molar-refractivity contribution in [1.82, 2.24) is 0 Å². The number of sulfone groups is 1. The number of Topliss-reactive ketones (excluding diaryl/α,β-unsaturated/α-hetero) is 1. The van der Waals surface area contributed by atoms with Crippen molar-refractivity contribution in [2.24, 2.45) is 11.8 Å². The number of hydrogen-bond donors (Lipinski definition) is 0. The number of carbonyl (C=O) groups is 1. The van der Waals surface area contributed by atoms with Crippen LogP contribution in [0.5, 0.6) is 0 Å². The molecule has 1 aliphatic carbocycles. The predicted molar refractivity (Wildman–Crippen MR) is 286 cm³/mol. The van der Waals surface area contributed by atoms with Crippen LogP contribution in [-0.2, 0) is 82.9 Å². The normalized spacial score (nSPS) is 18.2. The van der Waals surface area contributed by atoms with E-state index in [0.29, 0.717) is 48.8 Å². The fourth-order valence-electron chi connectivity index (χ4n) is 5.18. The molecule has 3 aliphatic rings. The Balaban J connectivity index is -0.000000298. The summed E-state index contributed by atoms with van der Waals surface area (Å²) in [6.07, 6.45) is -1.39. The largest absolute Gasteiger partial charge is 0.329 e. The van der Waals surface area contributed by atoms with Crippen molar-refractivity contribution in [1.29, 1.82) is 5.26 Å². The standard InChI is InChI=1S/C6H13N2O8P.C5H8N2O3S.C5H7NO4.C4H8ClNO3.C4H8N2O6.C4H7NO5S.C4H7NO4S.C3H7NO3/c1-3-15-17(2,13)5-6(16-8(11)12)4-14-7(9)10;1-5(3-11-4-6)2-10-7(8)9;7-4-1-2-5(3-4)10-6(8)9;1-4(2-5)3-9-6(7)8;1-2-4(12-6(9)10)3-11-5(7)8;6-5(7)10-4-1-2-11(8,9)3-4;6-5(7)9-4-1-2-10(8)3-4;1-2-3-7-4(5)6/h6H,3-5H2,1-2H3;5H,2-3H2,1H3;5H,1-3H2;4H,2-3H2,1H3;4H,2-3H2,1H3;4H,1-3H2;4H,1-3H2;2-3H2,1H3. The maximum atomic E-state index is 11.7. The van der Waals surface area contributed by atoms with E-state index in [-0.39, 0.29) is 81.0 Å². The maximum absolute atomic E-state index is 11.7. The fraction of sp³-hybridized carbons (Fsp3) is 0.943. The number of nitriles is 1. The number of nitrogens with zero attached hydrogens (tertiary/aromatic N) is 11. The Morgan fingerprint density at radius 2 is 1.10 bits per heavy atom. The van der Waals surface area contributed by atoms with E-state index in [9.17, 15) is 123 Å². The third-order valence-corrected chi connectivity index (χ3v) is 15.2. The Morgan fingerprint density at radius 3 is 1.45 bits per heavy atom. The van der Waals surface area contributed by atoms with Gasteiger partial charge in [0.15, 0.2) is 9.84 Å². The van der Waals surface area contributed by atoms with Crippen LogP contribution in [0.2, 0.25) is 0 Å². The lowest BCUT2D eigenvalue weighted by Crippen LogP contribution is -2.28. The summed E-state index contributed by atoms with van der Waals surface area (Å²) in [5.41, 5.74) is 0. The number of alkyl halides is 1. The summed E-state index contributed by atoms with van der Waals surface area (Å²) in [5.74, 6) is 1.66. The van der Waals surface area contributed by atoms with Crippen LogP contribution in [0.1, 0.15) is 79.6 Å². The van der Waals surface area contributed by atoms with Crippen LogP contribution in [0.15, 0.2) is 0 Å². The predicted octanol–water partition coefficient (Wildman–Crippen LogP) is 3.03. The molecule has 0 aromatic rings. The first-order chi connectivity index (χ1) is 40.3. The summed E-state index contributed by atoms with van der Waals surface area (Å²) in [5, 5.41) is 98.0. The van der Waals surface area contributed by atoms with Crippen LogP contribution in [-0.4, -0.2) is 187 Å². The summed E-state index contributed by atoms with van der Waals surface area (Å²) >= 11 is 6.40. The molecular weight excluding hydrogens is 1310 g/mol. The van der Waals surface area contributed by atoms with Gasteiger partial charge in [0.2, 0.25) is 7.37 Å². The minimum Gasteiger partial charge on any atom is -0.329 e. The molecule has 0 radical (unpaired) electrons. The molecule has 52 heteroatoms. The molecule has 47 nitrogen and oxygen atoms in total. The van der Waals surface area contributed by atoms with Crippen LogP contribution in [0.3, 0.4) is 0 Å². The SMILES string of the molecule is CC(CCl)CO[N+](=O)[O-].CC(CO[N+](=O)[O-])CSC#N.CCC(CO[N+](=O)[O-])O[N+](=O)[O-].CCCO[N+](=O)[O-].CCOP(C)(=O)CC(CO[N+](=O)[O-])O[N+](=O)[O-].O=C1CCC(O[N+](=O)[O-])C1.O=[N+]([O-])OC1CCS(=O)(=O)C1.O=[N+]([O-])OC1CCS(=O)C1. The van der Waals surface area contributed by atoms with E-state index < -0.39 is 123 Å². The zero-order chi connectivity index (χ0) is 68.3. The molecule has 0 aromatic carbocycles. The lowest BCUT2D eigenvalue weighted by atomic mass is 10.2. The molecule has 87 heavy (non-hydrogen) atoms. The smallest absolute Gasteiger partial charge is 0.294 e. The van der Waals surface area contributed by atoms with Crippen LogP contribution < -0.4 is 0 Å². The average Bonchev–Trinajstić information content (AvgIpc) is 4.04. The molecule has 0 aromatic heterocycles. The van der Waals surface area contributed by atoms with E-state index >= 15 is 0 Å². The summed E-state index contributed by atoms with van der Waals surface area (Å²) in [7, 11) is -7.07. The Kier molecular flexibility index (Phi) is 52.9. The average molecular weight is 1380 g/mol. The highest BCUT2D eigenvalue weighted by molar-refractivity contribution is 8.03. The molecule has 0 amide bonds. The summed E-state index contributed by atoms with van der Waals surface area (Å²) in [4.78, 5) is 148. The summed E-state index contributed by atoms with van der Waals surface area (Å²) < 4.78 is 48.7. The Bertz CT molecular complexity index is 2300. The van der Waals surface area contributed by atoms with Gasteiger partial charge in [0.05, 0.1) is 43.2 Å². The van der Waals surface area contributed by atoms with Gasteiger partial charge in [-0.1, -0.05) is 27.7 Å². The van der Waals surface area contributed by atoms with Crippen LogP contribution in [0.25, 0.3) is 0 Å². The molecule has 0 N–H and O–H groups in total. The second-order valence-electron chi connectivity index (χ2n) is 16.5. The number of thiocyanates is 1. The van der Waals surface area contributed by atoms with E-state index in [0.717, 1.165) is 11.8 Å². The van der Waals surface area contributed by atoms with E-state index in [2.05, 4.69) is 48.4 Å². The van der Waals surface area contributed by atoms with Gasteiger partial charge in [-0.25, -0.2) is 8.42 Å². The van der Waals surface area contributed by atoms with Gasteiger partial charge in [0, 0.05) is 47.7 Å². The van der Waals surface area contributed by atoms with Crippen molar-refractivity contribution < 1.29 is 126 Å². The number of hydrogen-bond acceptors (Lipinski definition) is 38. The van der Waals surface area contributed by atoms with Crippen molar-refractivity contribution in [3.8, 4) is 5.40 Å². The first-order valence-corrected chi connectivity index (χ1v) is 31.1. The molecule has 2 heterocycles. The molecule has 1 saturated carbocycles. The number of halogens is 1. The number of rotatable bonds is 33. The first kappa shape index (κ1) is 87.9. The van der Waals surface area contributed by atoms with Crippen LogP contribution >= 0.6 is 30.7 Å². The van der Waals surface area contributed by atoms with E-state index in [1.807, 2.05) is 12.3 Å². The van der Waals surface area contributed by atoms with Crippen molar-refractivity contribution in [2.45, 2.75) is 110 Å². The topological polar surface area (TPSA) is 642 Å². The quantitative estimate of drug-likeness (QED) is 0.0299. The van der Waals surface area contributed by atoms with Crippen molar-refractivity contribution in [2.75, 3.05) is 87.1 Å². The van der Waals surface area contributed by atoms with Gasteiger partial charge in [-0.2, -0.15) is 5.26 Å². The third-order valence-electron chi connectivity index (χ3n) is 8.76. The van der Waals surface area contributed by atoms with Gasteiger partial charge in [-0.3, -0.25) is 13.6 Å². The molecule has 3 fully saturated rings. The molecule has 2 aliphatic heterocycles. The Labute approximate surface area is 502 Å². The molecule has 9 atom stereocenters. The van der Waals surface area contributed by atoms with Gasteiger partial charge >= 0.3 is 0 Å². The maximum Gasteiger partial charge on any atom is 0.294 e. The Morgan fingerprint density at radius 1 is 0.655 bits per heavy atom. The summed E-state index contributed by atoms with van der Waals surface area (Å²) in [6.45, 7) is 9.22. The van der Waals surface area contributed by atoms with Gasteiger partial charge < -0.3 is 52.9 Å². The minimum atomic E-state index is -3.10. The third kappa shape index (κ3) is 67.1. The first-order valence-electron chi connectivity index (χ1n) is 24.1. The van der Waals surface area contributed by atoms with Crippen molar-refractivity contribution >= 4 is 57.2 Å². The molecule has 2 saturated heterocycles. The molecule has 506 valence electrons. The number of carbonyl (C=O) groups excluding carboxylic acids is 1. The minimum absolute atomic E-state index is 0.00843. The monoisotopic (exact) mass is 1380 g/mol. The molecule has 9 unspecified atom stereocenters. The highest BCUT2D eigenvalue weighted by Gasteiger charge is 2.31. The second kappa shape index (κ2) is 52.4. The van der Waals surface area contributed by atoms with Crippen LogP contribution in [0.4, 0.5) is 0 Å². The van der Waals surface area contributed by atoms with Gasteiger partial charge in [-0.15, -0.1) is 113 Å². The highest BCUT2D eigenvalue weighted by Crippen LogP contribution is 2.43. The van der Waals surface area contributed by atoms with Gasteiger partial charge in [0.1, 0.15) is 61.5 Å². The zero-order valence-corrected chi connectivity index (χ0v) is 50.9. The fourth-order valence-corrected chi connectivity index (χ4v) is 10.2. The van der Waals surface area contributed by atoms with Gasteiger partial charge in [-0.05, 0) is 62.6 Å².